The van der Waals surface area contributed by atoms with Crippen LogP contribution in [0.4, 0.5) is 5.82 Å². The molecule has 0 aliphatic carbocycles. The van der Waals surface area contributed by atoms with Crippen LogP contribution in [0.1, 0.15) is 37.8 Å². The summed E-state index contributed by atoms with van der Waals surface area (Å²) in [5.41, 5.74) is 0.955. The van der Waals surface area contributed by atoms with Crippen molar-refractivity contribution >= 4 is 49.8 Å². The van der Waals surface area contributed by atoms with Gasteiger partial charge in [0.05, 0.1) is 10.8 Å². The number of thiophene rings is 1. The maximum Gasteiger partial charge on any atom is 0.274 e. The molecule has 34 heavy (non-hydrogen) atoms. The molecule has 3 aromatic heterocycles. The zero-order valence-corrected chi connectivity index (χ0v) is 20.7. The first-order valence-electron chi connectivity index (χ1n) is 11.5. The van der Waals surface area contributed by atoms with Gasteiger partial charge in [0.15, 0.2) is 5.82 Å². The molecule has 1 unspecified atom stereocenters. The maximum atomic E-state index is 12.9. The summed E-state index contributed by atoms with van der Waals surface area (Å²) in [6, 6.07) is 10.3. The van der Waals surface area contributed by atoms with Crippen LogP contribution in [0.5, 0.6) is 0 Å². The standard InChI is InChI=1S/C25H26N4O3S2/c1-25(19-4-3-5-20-16(19)8-11-33-20)13-21(34-25)26-23-18-14-29(15-6-9-32-10-7-15)22(30)12-17(18)24(31)28(2)27-23/h3-5,8,11-12,14-15,21H,6-7,9-10,13H2,1-2H3,(H,26,27)/t21?,25-/m1/s1. The van der Waals surface area contributed by atoms with Gasteiger partial charge in [0.2, 0.25) is 0 Å². The average Bonchev–Trinajstić information content (AvgIpc) is 3.30. The molecule has 2 saturated heterocycles. The molecule has 2 aliphatic rings. The van der Waals surface area contributed by atoms with E-state index in [1.54, 1.807) is 23.0 Å². The summed E-state index contributed by atoms with van der Waals surface area (Å²) in [4.78, 5) is 25.6. The largest absolute Gasteiger partial charge is 0.381 e. The lowest BCUT2D eigenvalue weighted by atomic mass is 9.92. The molecule has 0 bridgehead atoms. The van der Waals surface area contributed by atoms with Crippen molar-refractivity contribution in [2.75, 3.05) is 18.5 Å². The number of ether oxygens (including phenoxy) is 1. The van der Waals surface area contributed by atoms with E-state index < -0.39 is 0 Å². The molecular weight excluding hydrogens is 468 g/mol. The third-order valence-electron chi connectivity index (χ3n) is 7.03. The van der Waals surface area contributed by atoms with Gasteiger partial charge in [0.25, 0.3) is 11.1 Å². The lowest BCUT2D eigenvalue weighted by molar-refractivity contribution is 0.0688. The zero-order valence-electron chi connectivity index (χ0n) is 19.1. The topological polar surface area (TPSA) is 78.2 Å². The maximum absolute atomic E-state index is 12.9. The Labute approximate surface area is 204 Å². The van der Waals surface area contributed by atoms with Crippen molar-refractivity contribution in [1.82, 2.24) is 14.3 Å². The van der Waals surface area contributed by atoms with Crippen molar-refractivity contribution in [2.45, 2.75) is 42.3 Å². The number of thioether (sulfide) groups is 1. The second-order valence-corrected chi connectivity index (χ2v) is 11.9. The van der Waals surface area contributed by atoms with Gasteiger partial charge in [0, 0.05) is 53.4 Å². The Morgan fingerprint density at radius 3 is 2.74 bits per heavy atom. The molecule has 0 saturated carbocycles. The van der Waals surface area contributed by atoms with Crippen LogP contribution in [-0.2, 0) is 16.5 Å². The van der Waals surface area contributed by atoms with Gasteiger partial charge >= 0.3 is 0 Å². The van der Waals surface area contributed by atoms with Gasteiger partial charge in [-0.15, -0.1) is 23.1 Å². The van der Waals surface area contributed by atoms with Gasteiger partial charge in [0.1, 0.15) is 0 Å². The Morgan fingerprint density at radius 2 is 1.94 bits per heavy atom. The molecule has 5 heterocycles. The lowest BCUT2D eigenvalue weighted by Crippen LogP contribution is -2.41. The van der Waals surface area contributed by atoms with Crippen molar-refractivity contribution in [2.24, 2.45) is 7.05 Å². The van der Waals surface area contributed by atoms with Crippen molar-refractivity contribution < 1.29 is 4.74 Å². The molecule has 0 radical (unpaired) electrons. The van der Waals surface area contributed by atoms with Crippen LogP contribution in [-0.4, -0.2) is 32.9 Å². The summed E-state index contributed by atoms with van der Waals surface area (Å²) >= 11 is 3.65. The fourth-order valence-corrected chi connectivity index (χ4v) is 7.51. The van der Waals surface area contributed by atoms with E-state index in [0.29, 0.717) is 29.8 Å². The van der Waals surface area contributed by atoms with E-state index in [1.807, 2.05) is 18.0 Å². The monoisotopic (exact) mass is 494 g/mol. The Bertz CT molecular complexity index is 1510. The number of hydrogen-bond donors (Lipinski definition) is 1. The molecule has 0 spiro atoms. The van der Waals surface area contributed by atoms with Crippen molar-refractivity contribution in [3.63, 3.8) is 0 Å². The average molecular weight is 495 g/mol. The fraction of sp³-hybridized carbons (Fsp3) is 0.400. The van der Waals surface area contributed by atoms with Crippen molar-refractivity contribution in [1.29, 1.82) is 0 Å². The van der Waals surface area contributed by atoms with E-state index in [0.717, 1.165) is 19.3 Å². The molecule has 0 amide bonds. The predicted molar refractivity (Wildman–Crippen MR) is 139 cm³/mol. The van der Waals surface area contributed by atoms with Crippen molar-refractivity contribution in [3.8, 4) is 0 Å². The number of hydrogen-bond acceptors (Lipinski definition) is 7. The first-order valence-corrected chi connectivity index (χ1v) is 13.3. The van der Waals surface area contributed by atoms with Gasteiger partial charge in [-0.25, -0.2) is 4.68 Å². The number of fused-ring (bicyclic) bond motifs is 2. The number of pyridine rings is 1. The summed E-state index contributed by atoms with van der Waals surface area (Å²) in [5.74, 6) is 0.645. The highest BCUT2D eigenvalue weighted by Gasteiger charge is 2.44. The molecule has 176 valence electrons. The Hall–Kier alpha value is -2.62. The summed E-state index contributed by atoms with van der Waals surface area (Å²) in [6.45, 7) is 3.57. The highest BCUT2D eigenvalue weighted by atomic mass is 32.2. The van der Waals surface area contributed by atoms with Crippen LogP contribution in [0.3, 0.4) is 0 Å². The normalized spacial score (nSPS) is 23.3. The third kappa shape index (κ3) is 3.57. The molecule has 9 heteroatoms. The van der Waals surface area contributed by atoms with Gasteiger partial charge in [-0.2, -0.15) is 5.10 Å². The van der Waals surface area contributed by atoms with E-state index in [-0.39, 0.29) is 27.3 Å². The molecule has 2 fully saturated rings. The Kier molecular flexibility index (Phi) is 5.31. The van der Waals surface area contributed by atoms with Gasteiger partial charge in [-0.3, -0.25) is 9.59 Å². The Balaban J connectivity index is 1.33. The SMILES string of the molecule is Cn1nc(NC2C[C@](C)(c3cccc4sccc34)S2)c2cn(C3CCOCC3)c(=O)cc2c1=O. The number of nitrogens with zero attached hydrogens (tertiary/aromatic N) is 3. The van der Waals surface area contributed by atoms with E-state index in [9.17, 15) is 9.59 Å². The fourth-order valence-electron chi connectivity index (χ4n) is 5.21. The lowest BCUT2D eigenvalue weighted by Gasteiger charge is -2.45. The number of benzene rings is 1. The number of anilines is 1. The van der Waals surface area contributed by atoms with Crippen LogP contribution in [0.25, 0.3) is 20.9 Å². The molecule has 7 nitrogen and oxygen atoms in total. The summed E-state index contributed by atoms with van der Waals surface area (Å²) in [6.07, 6.45) is 4.34. The first-order chi connectivity index (χ1) is 16.4. The number of rotatable bonds is 4. The first kappa shape index (κ1) is 21.9. The minimum atomic E-state index is -0.257. The molecule has 1 aromatic carbocycles. The highest BCUT2D eigenvalue weighted by molar-refractivity contribution is 8.02. The molecule has 1 N–H and O–H groups in total. The number of aryl methyl sites for hydroxylation is 1. The van der Waals surface area contributed by atoms with Gasteiger partial charge < -0.3 is 14.6 Å². The van der Waals surface area contributed by atoms with Gasteiger partial charge in [-0.05, 0) is 54.6 Å². The predicted octanol–water partition coefficient (Wildman–Crippen LogP) is 4.45. The van der Waals surface area contributed by atoms with Gasteiger partial charge in [-0.1, -0.05) is 12.1 Å². The van der Waals surface area contributed by atoms with Crippen LogP contribution >= 0.6 is 23.1 Å². The zero-order chi connectivity index (χ0) is 23.4. The second kappa shape index (κ2) is 8.25. The van der Waals surface area contributed by atoms with E-state index in [4.69, 9.17) is 4.74 Å². The van der Waals surface area contributed by atoms with E-state index >= 15 is 0 Å². The minimum Gasteiger partial charge on any atom is -0.381 e. The van der Waals surface area contributed by atoms with E-state index in [1.165, 1.54) is 26.4 Å². The smallest absolute Gasteiger partial charge is 0.274 e. The van der Waals surface area contributed by atoms with E-state index in [2.05, 4.69) is 47.0 Å². The van der Waals surface area contributed by atoms with Crippen LogP contribution in [0, 0.1) is 0 Å². The number of nitrogens with one attached hydrogen (secondary N) is 1. The second-order valence-electron chi connectivity index (χ2n) is 9.29. The summed E-state index contributed by atoms with van der Waals surface area (Å²) in [7, 11) is 1.63. The van der Waals surface area contributed by atoms with Crippen LogP contribution < -0.4 is 16.4 Å². The summed E-state index contributed by atoms with van der Waals surface area (Å²) in [5, 5.41) is 12.8. The minimum absolute atomic E-state index is 0.0128. The summed E-state index contributed by atoms with van der Waals surface area (Å²) < 4.78 is 9.86. The van der Waals surface area contributed by atoms with Crippen LogP contribution in [0.2, 0.25) is 0 Å². The molecule has 6 rings (SSSR count). The van der Waals surface area contributed by atoms with Crippen LogP contribution in [0.15, 0.2) is 51.5 Å². The van der Waals surface area contributed by atoms with Crippen molar-refractivity contribution in [3.05, 3.63) is 68.2 Å². The Morgan fingerprint density at radius 1 is 1.15 bits per heavy atom. The number of aromatic nitrogens is 3. The quantitative estimate of drug-likeness (QED) is 0.452. The highest BCUT2D eigenvalue weighted by Crippen LogP contribution is 2.55. The molecule has 4 aromatic rings. The molecular formula is C25H26N4O3S2. The molecule has 2 atom stereocenters. The molecule has 2 aliphatic heterocycles. The third-order valence-corrected chi connectivity index (χ3v) is 9.39.